The first-order chi connectivity index (χ1) is 7.19. The van der Waals surface area contributed by atoms with Crippen molar-refractivity contribution in [2.45, 2.75) is 45.2 Å². The largest absolute Gasteiger partial charge is 0.465 e. The molecule has 4 heteroatoms. The van der Waals surface area contributed by atoms with Gasteiger partial charge >= 0.3 is 5.97 Å². The molecule has 0 aromatic heterocycles. The van der Waals surface area contributed by atoms with Gasteiger partial charge in [0.25, 0.3) is 0 Å². The van der Waals surface area contributed by atoms with Crippen molar-refractivity contribution in [2.24, 2.45) is 0 Å². The fraction of sp³-hybridized carbons (Fsp3) is 0.909. The molecule has 2 unspecified atom stereocenters. The number of aliphatic hydroxyl groups excluding tert-OH is 1. The van der Waals surface area contributed by atoms with Gasteiger partial charge in [-0.2, -0.15) is 0 Å². The van der Waals surface area contributed by atoms with Gasteiger partial charge in [-0.3, -0.25) is 9.69 Å². The van der Waals surface area contributed by atoms with Gasteiger partial charge in [-0.15, -0.1) is 0 Å². The number of hydrogen-bond acceptors (Lipinski definition) is 4. The lowest BCUT2D eigenvalue weighted by atomic mass is 9.97. The first-order valence-electron chi connectivity index (χ1n) is 5.71. The maximum absolute atomic E-state index is 11.4. The Hall–Kier alpha value is -0.610. The summed E-state index contributed by atoms with van der Waals surface area (Å²) in [4.78, 5) is 13.4. The average molecular weight is 215 g/mol. The number of esters is 1. The van der Waals surface area contributed by atoms with Gasteiger partial charge in [0.2, 0.25) is 0 Å². The molecule has 1 N–H and O–H groups in total. The Labute approximate surface area is 91.2 Å². The lowest BCUT2D eigenvalue weighted by molar-refractivity contribution is -0.146. The summed E-state index contributed by atoms with van der Waals surface area (Å²) in [7, 11) is 0. The lowest BCUT2D eigenvalue weighted by Gasteiger charge is -2.38. The minimum Gasteiger partial charge on any atom is -0.465 e. The Kier molecular flexibility index (Phi) is 5.05. The predicted octanol–water partition coefficient (Wildman–Crippen LogP) is 0.785. The molecule has 2 atom stereocenters. The van der Waals surface area contributed by atoms with E-state index in [4.69, 9.17) is 4.74 Å². The standard InChI is InChI=1S/C11H21NO3/c1-3-15-11(14)7-12-9(2)5-4-6-10(12)8-13/h9-10,13H,3-8H2,1-2H3. The average Bonchev–Trinajstić information content (AvgIpc) is 2.21. The Bertz CT molecular complexity index is 208. The van der Waals surface area contributed by atoms with Gasteiger partial charge < -0.3 is 9.84 Å². The number of ether oxygens (including phenoxy) is 1. The van der Waals surface area contributed by atoms with E-state index >= 15 is 0 Å². The highest BCUT2D eigenvalue weighted by Crippen LogP contribution is 2.22. The van der Waals surface area contributed by atoms with E-state index in [2.05, 4.69) is 11.8 Å². The second-order valence-corrected chi connectivity index (χ2v) is 4.09. The molecular weight excluding hydrogens is 194 g/mol. The van der Waals surface area contributed by atoms with Gasteiger partial charge in [0.15, 0.2) is 0 Å². The van der Waals surface area contributed by atoms with Crippen LogP contribution in [0.25, 0.3) is 0 Å². The normalized spacial score (nSPS) is 27.7. The molecule has 1 saturated heterocycles. The molecule has 4 nitrogen and oxygen atoms in total. The Balaban J connectivity index is 2.50. The van der Waals surface area contributed by atoms with Gasteiger partial charge in [-0.05, 0) is 26.7 Å². The van der Waals surface area contributed by atoms with E-state index in [0.29, 0.717) is 19.2 Å². The molecule has 1 rings (SSSR count). The molecule has 1 fully saturated rings. The summed E-state index contributed by atoms with van der Waals surface area (Å²) < 4.78 is 4.92. The van der Waals surface area contributed by atoms with Crippen molar-refractivity contribution < 1.29 is 14.6 Å². The summed E-state index contributed by atoms with van der Waals surface area (Å²) in [6.07, 6.45) is 3.20. The molecule has 0 saturated carbocycles. The molecule has 0 amide bonds. The van der Waals surface area contributed by atoms with Crippen LogP contribution in [-0.4, -0.2) is 47.8 Å². The topological polar surface area (TPSA) is 49.8 Å². The molecule has 0 radical (unpaired) electrons. The van der Waals surface area contributed by atoms with Crippen LogP contribution in [-0.2, 0) is 9.53 Å². The fourth-order valence-electron chi connectivity index (χ4n) is 2.18. The van der Waals surface area contributed by atoms with E-state index in [1.165, 1.54) is 0 Å². The van der Waals surface area contributed by atoms with Crippen molar-refractivity contribution in [2.75, 3.05) is 19.8 Å². The maximum Gasteiger partial charge on any atom is 0.320 e. The Morgan fingerprint density at radius 3 is 2.87 bits per heavy atom. The molecule has 1 aliphatic rings. The minimum atomic E-state index is -0.190. The summed E-state index contributed by atoms with van der Waals surface area (Å²) in [6.45, 7) is 4.76. The number of nitrogens with zero attached hydrogens (tertiary/aromatic N) is 1. The number of piperidine rings is 1. The van der Waals surface area contributed by atoms with E-state index in [1.807, 2.05) is 0 Å². The van der Waals surface area contributed by atoms with Gasteiger partial charge in [-0.1, -0.05) is 6.42 Å². The van der Waals surface area contributed by atoms with E-state index in [9.17, 15) is 9.90 Å². The van der Waals surface area contributed by atoms with Crippen LogP contribution in [0.3, 0.4) is 0 Å². The third kappa shape index (κ3) is 3.47. The van der Waals surface area contributed by atoms with Crippen molar-refractivity contribution >= 4 is 5.97 Å². The van der Waals surface area contributed by atoms with Crippen molar-refractivity contribution in [3.63, 3.8) is 0 Å². The maximum atomic E-state index is 11.4. The molecule has 0 spiro atoms. The molecule has 0 aromatic rings. The zero-order chi connectivity index (χ0) is 11.3. The van der Waals surface area contributed by atoms with Crippen molar-refractivity contribution in [3.8, 4) is 0 Å². The molecule has 15 heavy (non-hydrogen) atoms. The number of aliphatic hydroxyl groups is 1. The van der Waals surface area contributed by atoms with Gasteiger partial charge in [0.1, 0.15) is 0 Å². The summed E-state index contributed by atoms with van der Waals surface area (Å²) in [5, 5.41) is 9.23. The summed E-state index contributed by atoms with van der Waals surface area (Å²) in [5.41, 5.74) is 0. The molecule has 88 valence electrons. The third-order valence-corrected chi connectivity index (χ3v) is 3.02. The van der Waals surface area contributed by atoms with E-state index < -0.39 is 0 Å². The van der Waals surface area contributed by atoms with Crippen LogP contribution in [0.5, 0.6) is 0 Å². The second kappa shape index (κ2) is 6.08. The number of carbonyl (C=O) groups excluding carboxylic acids is 1. The summed E-state index contributed by atoms with van der Waals surface area (Å²) >= 11 is 0. The van der Waals surface area contributed by atoms with Crippen LogP contribution in [0.1, 0.15) is 33.1 Å². The molecule has 1 heterocycles. The van der Waals surface area contributed by atoms with Crippen molar-refractivity contribution in [3.05, 3.63) is 0 Å². The molecule has 0 bridgehead atoms. The highest BCUT2D eigenvalue weighted by atomic mass is 16.5. The molecule has 0 aliphatic carbocycles. The zero-order valence-corrected chi connectivity index (χ0v) is 9.61. The van der Waals surface area contributed by atoms with Crippen LogP contribution < -0.4 is 0 Å². The highest BCUT2D eigenvalue weighted by molar-refractivity contribution is 5.71. The number of hydrogen-bond donors (Lipinski definition) is 1. The molecular formula is C11H21NO3. The van der Waals surface area contributed by atoms with Crippen LogP contribution >= 0.6 is 0 Å². The Morgan fingerprint density at radius 1 is 1.53 bits per heavy atom. The van der Waals surface area contributed by atoms with Gasteiger partial charge in [0.05, 0.1) is 19.8 Å². The zero-order valence-electron chi connectivity index (χ0n) is 9.61. The van der Waals surface area contributed by atoms with Crippen LogP contribution in [0.4, 0.5) is 0 Å². The molecule has 1 aliphatic heterocycles. The smallest absolute Gasteiger partial charge is 0.320 e. The Morgan fingerprint density at radius 2 is 2.27 bits per heavy atom. The van der Waals surface area contributed by atoms with Crippen molar-refractivity contribution in [1.29, 1.82) is 0 Å². The monoisotopic (exact) mass is 215 g/mol. The number of rotatable bonds is 4. The first-order valence-corrected chi connectivity index (χ1v) is 5.71. The van der Waals surface area contributed by atoms with Crippen LogP contribution in [0.2, 0.25) is 0 Å². The lowest BCUT2D eigenvalue weighted by Crippen LogP contribution is -2.49. The van der Waals surface area contributed by atoms with Crippen molar-refractivity contribution in [1.82, 2.24) is 4.90 Å². The number of carbonyl (C=O) groups is 1. The SMILES string of the molecule is CCOC(=O)CN1C(C)CCCC1CO. The fourth-order valence-corrected chi connectivity index (χ4v) is 2.18. The van der Waals surface area contributed by atoms with Gasteiger partial charge in [-0.25, -0.2) is 0 Å². The summed E-state index contributed by atoms with van der Waals surface area (Å²) in [6, 6.07) is 0.485. The third-order valence-electron chi connectivity index (χ3n) is 3.02. The van der Waals surface area contributed by atoms with Crippen LogP contribution in [0.15, 0.2) is 0 Å². The van der Waals surface area contributed by atoms with E-state index in [1.54, 1.807) is 6.92 Å². The molecule has 0 aromatic carbocycles. The van der Waals surface area contributed by atoms with Gasteiger partial charge in [0, 0.05) is 12.1 Å². The predicted molar refractivity (Wildman–Crippen MR) is 57.5 cm³/mol. The van der Waals surface area contributed by atoms with Crippen LogP contribution in [0, 0.1) is 0 Å². The second-order valence-electron chi connectivity index (χ2n) is 4.09. The quantitative estimate of drug-likeness (QED) is 0.704. The summed E-state index contributed by atoms with van der Waals surface area (Å²) in [5.74, 6) is -0.190. The van der Waals surface area contributed by atoms with E-state index in [0.717, 1.165) is 19.3 Å². The minimum absolute atomic E-state index is 0.123. The first kappa shape index (κ1) is 12.5. The van der Waals surface area contributed by atoms with E-state index in [-0.39, 0.29) is 18.6 Å². The number of likely N-dealkylation sites (tertiary alicyclic amines) is 1. The highest BCUT2D eigenvalue weighted by Gasteiger charge is 2.29.